The van der Waals surface area contributed by atoms with Crippen molar-refractivity contribution in [3.8, 4) is 5.88 Å². The van der Waals surface area contributed by atoms with Gasteiger partial charge < -0.3 is 15.0 Å². The Morgan fingerprint density at radius 1 is 1.19 bits per heavy atom. The average Bonchev–Trinajstić information content (AvgIpc) is 2.63. The van der Waals surface area contributed by atoms with Gasteiger partial charge in [0.15, 0.2) is 6.61 Å². The van der Waals surface area contributed by atoms with Gasteiger partial charge in [0.05, 0.1) is 11.2 Å². The van der Waals surface area contributed by atoms with E-state index in [0.717, 1.165) is 38.2 Å². The molecule has 150 valence electrons. The Kier molecular flexibility index (Phi) is 7.65. The van der Waals surface area contributed by atoms with Gasteiger partial charge in [-0.25, -0.2) is 4.98 Å². The Hall–Kier alpha value is -2.09. The van der Waals surface area contributed by atoms with E-state index in [0.29, 0.717) is 11.0 Å². The third-order valence-corrected chi connectivity index (χ3v) is 4.35. The standard InChI is InChI=1S/C19H27F3N4O/c1-4-26(5-2)12-6-7-14(3)24-16-10-11-23-15-8-9-17(25-18(15)16)27-13-19(20,21)22/h8-11,14H,4-7,12-13H2,1-3H3,(H,23,24). The first-order valence-electron chi connectivity index (χ1n) is 9.26. The predicted molar refractivity (Wildman–Crippen MR) is 101 cm³/mol. The first-order valence-corrected chi connectivity index (χ1v) is 9.26. The highest BCUT2D eigenvalue weighted by Crippen LogP contribution is 2.24. The Balaban J connectivity index is 2.03. The lowest BCUT2D eigenvalue weighted by Crippen LogP contribution is -2.25. The normalized spacial score (nSPS) is 13.1. The van der Waals surface area contributed by atoms with Gasteiger partial charge in [-0.3, -0.25) is 4.98 Å². The maximum Gasteiger partial charge on any atom is 0.422 e. The third kappa shape index (κ3) is 6.86. The summed E-state index contributed by atoms with van der Waals surface area (Å²) in [6.45, 7) is 8.14. The first kappa shape index (κ1) is 21.2. The number of pyridine rings is 2. The molecule has 0 aliphatic rings. The van der Waals surface area contributed by atoms with Crippen LogP contribution in [0.1, 0.15) is 33.6 Å². The number of alkyl halides is 3. The van der Waals surface area contributed by atoms with Crippen LogP contribution in [0.5, 0.6) is 5.88 Å². The number of hydrogen-bond donors (Lipinski definition) is 1. The van der Waals surface area contributed by atoms with Gasteiger partial charge >= 0.3 is 6.18 Å². The molecular formula is C19H27F3N4O. The summed E-state index contributed by atoms with van der Waals surface area (Å²) in [5.74, 6) is -0.0648. The summed E-state index contributed by atoms with van der Waals surface area (Å²) in [6.07, 6.45) is -0.700. The lowest BCUT2D eigenvalue weighted by Gasteiger charge is -2.20. The molecule has 1 unspecified atom stereocenters. The smallest absolute Gasteiger partial charge is 0.422 e. The largest absolute Gasteiger partial charge is 0.468 e. The minimum Gasteiger partial charge on any atom is -0.468 e. The van der Waals surface area contributed by atoms with Crippen molar-refractivity contribution < 1.29 is 17.9 Å². The predicted octanol–water partition coefficient (Wildman–Crippen LogP) is 4.49. The fraction of sp³-hybridized carbons (Fsp3) is 0.579. The van der Waals surface area contributed by atoms with Gasteiger partial charge in [0.2, 0.25) is 5.88 Å². The minimum absolute atomic E-state index is 0.0648. The molecule has 0 aliphatic carbocycles. The van der Waals surface area contributed by atoms with Crippen LogP contribution in [0.4, 0.5) is 18.9 Å². The molecule has 1 atom stereocenters. The molecular weight excluding hydrogens is 357 g/mol. The van der Waals surface area contributed by atoms with E-state index in [9.17, 15) is 13.2 Å². The highest BCUT2D eigenvalue weighted by Gasteiger charge is 2.28. The number of rotatable bonds is 10. The Morgan fingerprint density at radius 2 is 1.93 bits per heavy atom. The second kappa shape index (κ2) is 9.73. The molecule has 2 aromatic heterocycles. The summed E-state index contributed by atoms with van der Waals surface area (Å²) in [6, 6.07) is 5.00. The Morgan fingerprint density at radius 3 is 2.59 bits per heavy atom. The molecule has 2 heterocycles. The van der Waals surface area contributed by atoms with Crippen molar-refractivity contribution in [3.63, 3.8) is 0 Å². The van der Waals surface area contributed by atoms with Gasteiger partial charge in [-0.05, 0) is 51.5 Å². The zero-order chi connectivity index (χ0) is 19.9. The van der Waals surface area contributed by atoms with Gasteiger partial charge in [0, 0.05) is 18.3 Å². The summed E-state index contributed by atoms with van der Waals surface area (Å²) in [5.41, 5.74) is 1.86. The molecule has 0 saturated heterocycles. The van der Waals surface area contributed by atoms with Crippen LogP contribution >= 0.6 is 0 Å². The van der Waals surface area contributed by atoms with E-state index in [4.69, 9.17) is 4.74 Å². The van der Waals surface area contributed by atoms with Crippen LogP contribution in [0.25, 0.3) is 11.0 Å². The van der Waals surface area contributed by atoms with Crippen molar-refractivity contribution in [3.05, 3.63) is 24.4 Å². The highest BCUT2D eigenvalue weighted by atomic mass is 19.4. The van der Waals surface area contributed by atoms with E-state index in [1.165, 1.54) is 6.07 Å². The SMILES string of the molecule is CCN(CC)CCCC(C)Nc1ccnc2ccc(OCC(F)(F)F)nc12. The summed E-state index contributed by atoms with van der Waals surface area (Å²) in [4.78, 5) is 10.8. The summed E-state index contributed by atoms with van der Waals surface area (Å²) in [7, 11) is 0. The number of halogens is 3. The van der Waals surface area contributed by atoms with Crippen LogP contribution in [0.2, 0.25) is 0 Å². The molecule has 5 nitrogen and oxygen atoms in total. The Bertz CT molecular complexity index is 720. The van der Waals surface area contributed by atoms with Crippen LogP contribution in [0, 0.1) is 0 Å². The molecule has 0 amide bonds. The molecule has 0 fully saturated rings. The molecule has 0 spiro atoms. The van der Waals surface area contributed by atoms with Crippen molar-refractivity contribution >= 4 is 16.7 Å². The zero-order valence-electron chi connectivity index (χ0n) is 16.0. The van der Waals surface area contributed by atoms with Crippen molar-refractivity contribution in [1.29, 1.82) is 0 Å². The maximum atomic E-state index is 12.4. The van der Waals surface area contributed by atoms with Crippen LogP contribution < -0.4 is 10.1 Å². The minimum atomic E-state index is -4.40. The van der Waals surface area contributed by atoms with Crippen LogP contribution in [0.3, 0.4) is 0 Å². The average molecular weight is 384 g/mol. The van der Waals surface area contributed by atoms with Gasteiger partial charge in [0.25, 0.3) is 0 Å². The van der Waals surface area contributed by atoms with E-state index < -0.39 is 12.8 Å². The first-order chi connectivity index (χ1) is 12.8. The fourth-order valence-corrected chi connectivity index (χ4v) is 2.86. The van der Waals surface area contributed by atoms with E-state index >= 15 is 0 Å². The number of anilines is 1. The summed E-state index contributed by atoms with van der Waals surface area (Å²) in [5, 5.41) is 3.40. The summed E-state index contributed by atoms with van der Waals surface area (Å²) < 4.78 is 41.8. The fourth-order valence-electron chi connectivity index (χ4n) is 2.86. The van der Waals surface area contributed by atoms with Crippen LogP contribution in [-0.2, 0) is 0 Å². The van der Waals surface area contributed by atoms with E-state index in [2.05, 4.69) is 41.0 Å². The zero-order valence-corrected chi connectivity index (χ0v) is 16.0. The molecule has 2 aromatic rings. The molecule has 27 heavy (non-hydrogen) atoms. The van der Waals surface area contributed by atoms with E-state index in [1.807, 2.05) is 0 Å². The van der Waals surface area contributed by atoms with Crippen molar-refractivity contribution in [2.75, 3.05) is 31.6 Å². The second-order valence-electron chi connectivity index (χ2n) is 6.49. The number of hydrogen-bond acceptors (Lipinski definition) is 5. The number of nitrogens with zero attached hydrogens (tertiary/aromatic N) is 3. The topological polar surface area (TPSA) is 50.3 Å². The number of ether oxygens (including phenoxy) is 1. The van der Waals surface area contributed by atoms with Crippen LogP contribution in [0.15, 0.2) is 24.4 Å². The number of nitrogens with one attached hydrogen (secondary N) is 1. The molecule has 2 rings (SSSR count). The Labute approximate surface area is 157 Å². The summed E-state index contributed by atoms with van der Waals surface area (Å²) >= 11 is 0. The molecule has 0 aliphatic heterocycles. The highest BCUT2D eigenvalue weighted by molar-refractivity contribution is 5.87. The van der Waals surface area contributed by atoms with Crippen molar-refractivity contribution in [2.45, 2.75) is 45.8 Å². The van der Waals surface area contributed by atoms with Gasteiger partial charge in [0.1, 0.15) is 5.52 Å². The number of aromatic nitrogens is 2. The van der Waals surface area contributed by atoms with E-state index in [-0.39, 0.29) is 11.9 Å². The van der Waals surface area contributed by atoms with Gasteiger partial charge in [-0.15, -0.1) is 0 Å². The molecule has 8 heteroatoms. The molecule has 1 N–H and O–H groups in total. The monoisotopic (exact) mass is 384 g/mol. The molecule has 0 aromatic carbocycles. The van der Waals surface area contributed by atoms with Gasteiger partial charge in [-0.2, -0.15) is 13.2 Å². The molecule has 0 bridgehead atoms. The van der Waals surface area contributed by atoms with Gasteiger partial charge in [-0.1, -0.05) is 13.8 Å². The van der Waals surface area contributed by atoms with Crippen molar-refractivity contribution in [1.82, 2.24) is 14.9 Å². The van der Waals surface area contributed by atoms with E-state index in [1.54, 1.807) is 18.3 Å². The van der Waals surface area contributed by atoms with Crippen LogP contribution in [-0.4, -0.2) is 53.3 Å². The lowest BCUT2D eigenvalue weighted by molar-refractivity contribution is -0.154. The molecule has 0 radical (unpaired) electrons. The quantitative estimate of drug-likeness (QED) is 0.654. The third-order valence-electron chi connectivity index (χ3n) is 4.35. The maximum absolute atomic E-state index is 12.4. The second-order valence-corrected chi connectivity index (χ2v) is 6.49. The molecule has 0 saturated carbocycles. The lowest BCUT2D eigenvalue weighted by atomic mass is 10.1. The number of fused-ring (bicyclic) bond motifs is 1. The van der Waals surface area contributed by atoms with Crippen molar-refractivity contribution in [2.24, 2.45) is 0 Å².